The van der Waals surface area contributed by atoms with Gasteiger partial charge in [-0.1, -0.05) is 0 Å². The van der Waals surface area contributed by atoms with Crippen LogP contribution in [0.4, 0.5) is 5.13 Å². The van der Waals surface area contributed by atoms with E-state index in [9.17, 15) is 4.79 Å². The van der Waals surface area contributed by atoms with Crippen molar-refractivity contribution in [3.05, 3.63) is 10.6 Å². The van der Waals surface area contributed by atoms with Crippen molar-refractivity contribution in [2.45, 2.75) is 26.8 Å². The van der Waals surface area contributed by atoms with Gasteiger partial charge in [-0.25, -0.2) is 4.98 Å². The Hall–Kier alpha value is -1.02. The number of aromatic nitrogens is 1. The zero-order valence-corrected chi connectivity index (χ0v) is 14.7. The summed E-state index contributed by atoms with van der Waals surface area (Å²) in [6.45, 7) is 11.5. The molecular formula is C15H26N4O2S. The van der Waals surface area contributed by atoms with Crippen molar-refractivity contribution < 1.29 is 9.53 Å². The molecule has 1 amide bonds. The largest absolute Gasteiger partial charge is 0.383 e. The molecule has 0 saturated carbocycles. The van der Waals surface area contributed by atoms with E-state index in [1.165, 1.54) is 11.3 Å². The molecule has 1 fully saturated rings. The highest BCUT2D eigenvalue weighted by molar-refractivity contribution is 7.15. The first kappa shape index (κ1) is 17.3. The molecule has 124 valence electrons. The number of nitrogens with one attached hydrogen (secondary N) is 1. The van der Waals surface area contributed by atoms with Crippen LogP contribution in [-0.4, -0.2) is 73.2 Å². The van der Waals surface area contributed by atoms with Gasteiger partial charge in [-0.2, -0.15) is 0 Å². The van der Waals surface area contributed by atoms with Crippen LogP contribution in [0.1, 0.15) is 17.5 Å². The lowest BCUT2D eigenvalue weighted by atomic mass is 10.2. The lowest BCUT2D eigenvalue weighted by Crippen LogP contribution is -2.53. The van der Waals surface area contributed by atoms with Crippen LogP contribution in [-0.2, 0) is 9.53 Å². The number of methoxy groups -OCH3 is 1. The van der Waals surface area contributed by atoms with E-state index in [0.717, 1.165) is 49.9 Å². The van der Waals surface area contributed by atoms with Crippen molar-refractivity contribution >= 4 is 22.4 Å². The van der Waals surface area contributed by atoms with Crippen molar-refractivity contribution in [3.8, 4) is 0 Å². The molecule has 1 N–H and O–H groups in total. The molecule has 22 heavy (non-hydrogen) atoms. The molecule has 1 aliphatic heterocycles. The number of rotatable bonds is 6. The number of carbonyl (C=O) groups is 1. The molecule has 0 aromatic carbocycles. The fraction of sp³-hybridized carbons (Fsp3) is 0.733. The molecule has 7 heteroatoms. The fourth-order valence-electron chi connectivity index (χ4n) is 2.50. The van der Waals surface area contributed by atoms with Crippen molar-refractivity contribution in [2.75, 3.05) is 51.8 Å². The van der Waals surface area contributed by atoms with E-state index in [4.69, 9.17) is 4.74 Å². The molecule has 0 unspecified atom stereocenters. The third-order valence-electron chi connectivity index (χ3n) is 4.20. The number of hydrogen-bond donors (Lipinski definition) is 1. The molecule has 0 radical (unpaired) electrons. The number of piperazine rings is 1. The number of carbonyl (C=O) groups excluding carboxylic acids is 1. The predicted octanol–water partition coefficient (Wildman–Crippen LogP) is 1.35. The van der Waals surface area contributed by atoms with Gasteiger partial charge in [-0.3, -0.25) is 14.6 Å². The fourth-order valence-corrected chi connectivity index (χ4v) is 3.31. The van der Waals surface area contributed by atoms with E-state index in [1.54, 1.807) is 7.11 Å². The van der Waals surface area contributed by atoms with Gasteiger partial charge in [0.25, 0.3) is 0 Å². The average Bonchev–Trinajstić information content (AvgIpc) is 2.83. The van der Waals surface area contributed by atoms with Crippen LogP contribution < -0.4 is 5.32 Å². The topological polar surface area (TPSA) is 57.7 Å². The number of hydrogen-bond acceptors (Lipinski definition) is 6. The minimum atomic E-state index is -0.130. The third kappa shape index (κ3) is 4.49. The highest BCUT2D eigenvalue weighted by Crippen LogP contribution is 2.21. The Morgan fingerprint density at radius 3 is 2.59 bits per heavy atom. The van der Waals surface area contributed by atoms with E-state index in [0.29, 0.717) is 5.13 Å². The van der Waals surface area contributed by atoms with Gasteiger partial charge in [0.05, 0.1) is 18.3 Å². The second kappa shape index (κ2) is 8.01. The summed E-state index contributed by atoms with van der Waals surface area (Å²) in [6.07, 6.45) is 0. The van der Waals surface area contributed by atoms with Crippen molar-refractivity contribution in [1.29, 1.82) is 0 Å². The number of anilines is 1. The molecular weight excluding hydrogens is 300 g/mol. The summed E-state index contributed by atoms with van der Waals surface area (Å²) >= 11 is 1.53. The van der Waals surface area contributed by atoms with Crippen molar-refractivity contribution in [3.63, 3.8) is 0 Å². The average molecular weight is 326 g/mol. The second-order valence-electron chi connectivity index (χ2n) is 5.70. The first-order valence-corrected chi connectivity index (χ1v) is 8.53. The lowest BCUT2D eigenvalue weighted by molar-refractivity contribution is -0.121. The minimum absolute atomic E-state index is 0.0269. The Balaban J connectivity index is 1.81. The Labute approximate surface area is 136 Å². The molecule has 0 spiro atoms. The van der Waals surface area contributed by atoms with Crippen LogP contribution in [0, 0.1) is 13.8 Å². The first-order valence-electron chi connectivity index (χ1n) is 7.71. The molecule has 1 saturated heterocycles. The number of ether oxygens (including phenoxy) is 1. The Morgan fingerprint density at radius 2 is 2.05 bits per heavy atom. The highest BCUT2D eigenvalue weighted by Gasteiger charge is 2.26. The number of aryl methyl sites for hydroxylation is 2. The van der Waals surface area contributed by atoms with E-state index >= 15 is 0 Å². The maximum atomic E-state index is 12.4. The summed E-state index contributed by atoms with van der Waals surface area (Å²) in [7, 11) is 1.73. The summed E-state index contributed by atoms with van der Waals surface area (Å²) < 4.78 is 5.11. The van der Waals surface area contributed by atoms with Crippen LogP contribution in [0.15, 0.2) is 0 Å². The zero-order valence-electron chi connectivity index (χ0n) is 13.9. The highest BCUT2D eigenvalue weighted by atomic mass is 32.1. The molecule has 2 heterocycles. The summed E-state index contributed by atoms with van der Waals surface area (Å²) in [6, 6.07) is -0.130. The summed E-state index contributed by atoms with van der Waals surface area (Å²) in [5.74, 6) is 0.0269. The minimum Gasteiger partial charge on any atom is -0.383 e. The molecule has 1 atom stereocenters. The second-order valence-corrected chi connectivity index (χ2v) is 6.90. The first-order chi connectivity index (χ1) is 10.5. The van der Waals surface area contributed by atoms with E-state index in [2.05, 4.69) is 20.1 Å². The predicted molar refractivity (Wildman–Crippen MR) is 89.6 cm³/mol. The van der Waals surface area contributed by atoms with Gasteiger partial charge in [0, 0.05) is 44.7 Å². The lowest BCUT2D eigenvalue weighted by Gasteiger charge is -2.37. The van der Waals surface area contributed by atoms with Gasteiger partial charge in [-0.05, 0) is 20.8 Å². The van der Waals surface area contributed by atoms with Crippen LogP contribution in [0.2, 0.25) is 0 Å². The third-order valence-corrected chi connectivity index (χ3v) is 5.19. The maximum absolute atomic E-state index is 12.4. The van der Waals surface area contributed by atoms with Crippen LogP contribution >= 0.6 is 11.3 Å². The maximum Gasteiger partial charge on any atom is 0.243 e. The number of nitrogens with zero attached hydrogens (tertiary/aromatic N) is 3. The summed E-state index contributed by atoms with van der Waals surface area (Å²) in [5.41, 5.74) is 0.986. The number of amides is 1. The SMILES string of the molecule is COCCN1CCN([C@@H](C)C(=O)Nc2nc(C)c(C)s2)CC1. The molecule has 0 aliphatic carbocycles. The normalized spacial score (nSPS) is 18.4. The quantitative estimate of drug-likeness (QED) is 0.855. The molecule has 6 nitrogen and oxygen atoms in total. The van der Waals surface area contributed by atoms with Crippen molar-refractivity contribution in [2.24, 2.45) is 0 Å². The Kier molecular flexibility index (Phi) is 6.31. The van der Waals surface area contributed by atoms with Crippen molar-refractivity contribution in [1.82, 2.24) is 14.8 Å². The molecule has 1 aromatic heterocycles. The Bertz CT molecular complexity index is 478. The standard InChI is InChI=1S/C15H26N4O2S/c1-11-13(3)22-15(16-11)17-14(20)12(2)19-7-5-18(6-8-19)9-10-21-4/h12H,5-10H2,1-4H3,(H,16,17,20)/t12-/m0/s1. The van der Waals surface area contributed by atoms with Gasteiger partial charge in [-0.15, -0.1) is 11.3 Å². The smallest absolute Gasteiger partial charge is 0.243 e. The monoisotopic (exact) mass is 326 g/mol. The van der Waals surface area contributed by atoms with Crippen LogP contribution in [0.5, 0.6) is 0 Å². The molecule has 0 bridgehead atoms. The van der Waals surface area contributed by atoms with Gasteiger partial charge in [0.2, 0.25) is 5.91 Å². The summed E-state index contributed by atoms with van der Waals surface area (Å²) in [5, 5.41) is 3.64. The number of thiazole rings is 1. The van der Waals surface area contributed by atoms with Gasteiger partial charge < -0.3 is 10.1 Å². The molecule has 1 aliphatic rings. The van der Waals surface area contributed by atoms with E-state index < -0.39 is 0 Å². The van der Waals surface area contributed by atoms with Crippen LogP contribution in [0.25, 0.3) is 0 Å². The van der Waals surface area contributed by atoms with Crippen LogP contribution in [0.3, 0.4) is 0 Å². The van der Waals surface area contributed by atoms with Gasteiger partial charge in [0.1, 0.15) is 0 Å². The van der Waals surface area contributed by atoms with E-state index in [-0.39, 0.29) is 11.9 Å². The van der Waals surface area contributed by atoms with Gasteiger partial charge >= 0.3 is 0 Å². The molecule has 1 aromatic rings. The van der Waals surface area contributed by atoms with Gasteiger partial charge in [0.15, 0.2) is 5.13 Å². The zero-order chi connectivity index (χ0) is 16.1. The van der Waals surface area contributed by atoms with E-state index in [1.807, 2.05) is 20.8 Å². The Morgan fingerprint density at radius 1 is 1.36 bits per heavy atom. The molecule has 2 rings (SSSR count). The summed E-state index contributed by atoms with van der Waals surface area (Å²) in [4.78, 5) is 22.5.